The molecule has 5 nitrogen and oxygen atoms in total. The third-order valence-corrected chi connectivity index (χ3v) is 10.3. The molecule has 0 aliphatic rings. The number of carboxylic acid groups (broad SMARTS) is 2. The van der Waals surface area contributed by atoms with Crippen molar-refractivity contribution in [2.75, 3.05) is 0 Å². The minimum absolute atomic E-state index is 0.488. The van der Waals surface area contributed by atoms with Gasteiger partial charge in [-0.15, -0.1) is 0 Å². The number of carboxylic acids is 2. The fraction of sp³-hybridized carbons (Fsp3) is 0.951. The molecule has 0 heterocycles. The molecule has 274 valence electrons. The lowest BCUT2D eigenvalue weighted by Crippen LogP contribution is -2.43. The summed E-state index contributed by atoms with van der Waals surface area (Å²) in [7, 11) is 0. The van der Waals surface area contributed by atoms with Crippen LogP contribution >= 0.6 is 0 Å². The Morgan fingerprint density at radius 1 is 0.391 bits per heavy atom. The van der Waals surface area contributed by atoms with Gasteiger partial charge in [0.1, 0.15) is 6.04 Å². The number of hydrogen-bond donors (Lipinski definition) is 3. The molecule has 3 atom stereocenters. The molecule has 0 aromatic heterocycles. The van der Waals surface area contributed by atoms with E-state index in [4.69, 9.17) is 5.73 Å². The van der Waals surface area contributed by atoms with Crippen molar-refractivity contribution in [1.82, 2.24) is 0 Å². The van der Waals surface area contributed by atoms with Crippen LogP contribution in [-0.4, -0.2) is 28.2 Å². The molecule has 46 heavy (non-hydrogen) atoms. The second kappa shape index (κ2) is 35.2. The first-order valence-corrected chi connectivity index (χ1v) is 20.7. The van der Waals surface area contributed by atoms with Crippen LogP contribution < -0.4 is 5.73 Å². The van der Waals surface area contributed by atoms with Crippen LogP contribution in [-0.2, 0) is 9.59 Å². The average molecular weight is 652 g/mol. The lowest BCUT2D eigenvalue weighted by molar-refractivity contribution is -0.147. The van der Waals surface area contributed by atoms with Crippen LogP contribution in [0.5, 0.6) is 0 Å². The molecule has 0 bridgehead atoms. The maximum atomic E-state index is 12.2. The highest BCUT2D eigenvalue weighted by molar-refractivity contribution is 5.76. The molecule has 0 fully saturated rings. The number of rotatable bonds is 38. The highest BCUT2D eigenvalue weighted by Crippen LogP contribution is 2.28. The highest BCUT2D eigenvalue weighted by Gasteiger charge is 2.35. The predicted molar refractivity (Wildman–Crippen MR) is 199 cm³/mol. The van der Waals surface area contributed by atoms with Gasteiger partial charge in [-0.25, -0.2) is 0 Å². The zero-order valence-electron chi connectivity index (χ0n) is 31.1. The van der Waals surface area contributed by atoms with E-state index in [-0.39, 0.29) is 0 Å². The molecule has 0 aliphatic carbocycles. The maximum Gasteiger partial charge on any atom is 0.320 e. The van der Waals surface area contributed by atoms with E-state index in [9.17, 15) is 19.8 Å². The van der Waals surface area contributed by atoms with Crippen molar-refractivity contribution in [2.24, 2.45) is 17.6 Å². The molecule has 0 aromatic carbocycles. The van der Waals surface area contributed by atoms with Crippen molar-refractivity contribution >= 4 is 11.9 Å². The molecule has 4 N–H and O–H groups in total. The molecule has 0 saturated heterocycles. The van der Waals surface area contributed by atoms with Crippen molar-refractivity contribution in [3.8, 4) is 0 Å². The predicted octanol–water partition coefficient (Wildman–Crippen LogP) is 13.0. The van der Waals surface area contributed by atoms with E-state index in [1.165, 1.54) is 167 Å². The van der Waals surface area contributed by atoms with E-state index < -0.39 is 29.8 Å². The van der Waals surface area contributed by atoms with Crippen molar-refractivity contribution in [3.63, 3.8) is 0 Å². The molecule has 0 spiro atoms. The Morgan fingerprint density at radius 3 is 0.870 bits per heavy atom. The van der Waals surface area contributed by atoms with Crippen LogP contribution in [0.25, 0.3) is 0 Å². The van der Waals surface area contributed by atoms with E-state index in [1.54, 1.807) is 0 Å². The number of nitrogens with two attached hydrogens (primary N) is 1. The Balaban J connectivity index is 3.97. The minimum Gasteiger partial charge on any atom is -0.481 e. The normalized spacial score (nSPS) is 13.5. The molecule has 0 radical (unpaired) electrons. The zero-order chi connectivity index (χ0) is 33.9. The lowest BCUT2D eigenvalue weighted by atomic mass is 9.79. The molecular formula is C41H81NO4. The van der Waals surface area contributed by atoms with Gasteiger partial charge in [0.2, 0.25) is 0 Å². The van der Waals surface area contributed by atoms with E-state index in [0.717, 1.165) is 38.5 Å². The SMILES string of the molecule is CCCCCCCCCCCCCCCCCCC(C(=O)O)C(CCCCCCCCCCCCCCCCCC)C(N)C(=O)O. The van der Waals surface area contributed by atoms with Gasteiger partial charge < -0.3 is 15.9 Å². The molecule has 0 aliphatic heterocycles. The van der Waals surface area contributed by atoms with Gasteiger partial charge in [-0.2, -0.15) is 0 Å². The summed E-state index contributed by atoms with van der Waals surface area (Å²) >= 11 is 0. The van der Waals surface area contributed by atoms with E-state index in [0.29, 0.717) is 12.8 Å². The molecule has 5 heteroatoms. The quantitative estimate of drug-likeness (QED) is 0.0577. The van der Waals surface area contributed by atoms with Gasteiger partial charge in [0.25, 0.3) is 0 Å². The Labute approximate surface area is 287 Å². The van der Waals surface area contributed by atoms with Crippen LogP contribution in [0, 0.1) is 11.8 Å². The second-order valence-electron chi connectivity index (χ2n) is 14.7. The number of unbranched alkanes of at least 4 members (excludes halogenated alkanes) is 30. The molecule has 0 amide bonds. The monoisotopic (exact) mass is 652 g/mol. The number of hydrogen-bond acceptors (Lipinski definition) is 3. The lowest BCUT2D eigenvalue weighted by Gasteiger charge is -2.27. The standard InChI is InChI=1S/C41H81NO4/c1-3-5-7-9-11-13-15-17-19-21-23-25-27-29-31-33-35-37(39(42)41(45)46)38(40(43)44)36-34-32-30-28-26-24-22-20-18-16-14-12-10-8-6-4-2/h37-39H,3-36,42H2,1-2H3,(H,43,44)(H,45,46). The summed E-state index contributed by atoms with van der Waals surface area (Å²) in [5.74, 6) is -3.09. The average Bonchev–Trinajstić information content (AvgIpc) is 3.04. The topological polar surface area (TPSA) is 101 Å². The van der Waals surface area contributed by atoms with Crippen LogP contribution in [0.2, 0.25) is 0 Å². The summed E-state index contributed by atoms with van der Waals surface area (Å²) in [6.45, 7) is 4.54. The molecular weight excluding hydrogens is 570 g/mol. The Hall–Kier alpha value is -1.10. The third-order valence-electron chi connectivity index (χ3n) is 10.3. The first-order chi connectivity index (χ1) is 22.5. The number of carbonyl (C=O) groups is 2. The molecule has 0 rings (SSSR count). The Kier molecular flexibility index (Phi) is 34.4. The van der Waals surface area contributed by atoms with E-state index in [1.807, 2.05) is 0 Å². The van der Waals surface area contributed by atoms with Crippen molar-refractivity contribution in [2.45, 2.75) is 238 Å². The molecule has 3 unspecified atom stereocenters. The molecule has 0 aromatic rings. The summed E-state index contributed by atoms with van der Waals surface area (Å²) in [5.41, 5.74) is 6.06. The first-order valence-electron chi connectivity index (χ1n) is 20.7. The van der Waals surface area contributed by atoms with Crippen LogP contribution in [0.4, 0.5) is 0 Å². The third kappa shape index (κ3) is 29.1. The summed E-state index contributed by atoms with van der Waals surface area (Å²) in [6.07, 6.45) is 42.4. The summed E-state index contributed by atoms with van der Waals surface area (Å²) < 4.78 is 0. The van der Waals surface area contributed by atoms with Gasteiger partial charge in [-0.1, -0.05) is 219 Å². The van der Waals surface area contributed by atoms with Crippen LogP contribution in [0.1, 0.15) is 232 Å². The first kappa shape index (κ1) is 44.9. The van der Waals surface area contributed by atoms with Crippen molar-refractivity contribution in [3.05, 3.63) is 0 Å². The molecule has 0 saturated carbocycles. The summed E-state index contributed by atoms with van der Waals surface area (Å²) in [5, 5.41) is 19.6. The van der Waals surface area contributed by atoms with Gasteiger partial charge in [0, 0.05) is 0 Å². The second-order valence-corrected chi connectivity index (χ2v) is 14.7. The van der Waals surface area contributed by atoms with Crippen LogP contribution in [0.15, 0.2) is 0 Å². The van der Waals surface area contributed by atoms with Gasteiger partial charge in [0.15, 0.2) is 0 Å². The van der Waals surface area contributed by atoms with Gasteiger partial charge >= 0.3 is 11.9 Å². The fourth-order valence-electron chi connectivity index (χ4n) is 7.18. The maximum absolute atomic E-state index is 12.2. The largest absolute Gasteiger partial charge is 0.481 e. The Bertz CT molecular complexity index is 654. The smallest absolute Gasteiger partial charge is 0.320 e. The zero-order valence-corrected chi connectivity index (χ0v) is 31.1. The highest BCUT2D eigenvalue weighted by atomic mass is 16.4. The number of aliphatic carboxylic acids is 2. The van der Waals surface area contributed by atoms with Crippen molar-refractivity contribution in [1.29, 1.82) is 0 Å². The van der Waals surface area contributed by atoms with Crippen LogP contribution in [0.3, 0.4) is 0 Å². The van der Waals surface area contributed by atoms with E-state index in [2.05, 4.69) is 13.8 Å². The van der Waals surface area contributed by atoms with E-state index >= 15 is 0 Å². The minimum atomic E-state index is -1.10. The fourth-order valence-corrected chi connectivity index (χ4v) is 7.18. The van der Waals surface area contributed by atoms with Gasteiger partial charge in [-0.3, -0.25) is 9.59 Å². The van der Waals surface area contributed by atoms with Gasteiger partial charge in [0.05, 0.1) is 5.92 Å². The summed E-state index contributed by atoms with van der Waals surface area (Å²) in [4.78, 5) is 23.9. The summed E-state index contributed by atoms with van der Waals surface area (Å²) in [6, 6.07) is -1.10. The van der Waals surface area contributed by atoms with Gasteiger partial charge in [-0.05, 0) is 18.8 Å². The Morgan fingerprint density at radius 2 is 0.630 bits per heavy atom. The van der Waals surface area contributed by atoms with Crippen molar-refractivity contribution < 1.29 is 19.8 Å².